The minimum absolute atomic E-state index is 0.235. The van der Waals surface area contributed by atoms with Gasteiger partial charge < -0.3 is 15.0 Å². The van der Waals surface area contributed by atoms with Crippen molar-refractivity contribution in [3.05, 3.63) is 64.3 Å². The van der Waals surface area contributed by atoms with Crippen molar-refractivity contribution in [1.82, 2.24) is 25.5 Å². The second-order valence-electron chi connectivity index (χ2n) is 5.25. The molecule has 128 valence electrons. The molecule has 0 bridgehead atoms. The van der Waals surface area contributed by atoms with Crippen LogP contribution < -0.4 is 10.9 Å². The van der Waals surface area contributed by atoms with Gasteiger partial charge in [-0.2, -0.15) is 5.10 Å². The number of carbonyl (C=O) groups excluding carboxylic acids is 1. The van der Waals surface area contributed by atoms with Crippen molar-refractivity contribution in [2.45, 2.75) is 13.0 Å². The maximum Gasteiger partial charge on any atom is 0.407 e. The molecule has 0 radical (unpaired) electrons. The highest BCUT2D eigenvalue weighted by Crippen LogP contribution is 2.09. The Labute approximate surface area is 142 Å². The largest absolute Gasteiger partial charge is 0.445 e. The lowest BCUT2D eigenvalue weighted by Crippen LogP contribution is -2.24. The fourth-order valence-electron chi connectivity index (χ4n) is 2.24. The fourth-order valence-corrected chi connectivity index (χ4v) is 2.24. The van der Waals surface area contributed by atoms with Crippen molar-refractivity contribution in [3.8, 4) is 0 Å². The second kappa shape index (κ2) is 7.91. The number of H-pyrrole nitrogens is 2. The van der Waals surface area contributed by atoms with E-state index in [2.05, 4.69) is 25.5 Å². The van der Waals surface area contributed by atoms with Crippen LogP contribution in [0.15, 0.2) is 47.5 Å². The number of hydrogen-bond donors (Lipinski definition) is 3. The maximum absolute atomic E-state index is 11.8. The smallest absolute Gasteiger partial charge is 0.407 e. The highest BCUT2D eigenvalue weighted by atomic mass is 16.5. The molecule has 0 aliphatic rings. The topological polar surface area (TPSA) is 113 Å². The number of ether oxygens (including phenoxy) is 1. The SMILES string of the molecule is O=C(NCCC=Cc1[nH]nc2nc[nH]c(=O)c12)OCc1ccccc1. The monoisotopic (exact) mass is 339 g/mol. The Morgan fingerprint density at radius 3 is 2.96 bits per heavy atom. The molecular weight excluding hydrogens is 322 g/mol. The number of rotatable bonds is 6. The molecule has 3 aromatic rings. The number of hydrogen-bond acceptors (Lipinski definition) is 5. The molecule has 3 rings (SSSR count). The average molecular weight is 339 g/mol. The lowest BCUT2D eigenvalue weighted by Gasteiger charge is -2.05. The fraction of sp³-hybridized carbons (Fsp3) is 0.176. The first kappa shape index (κ1) is 16.4. The molecule has 8 heteroatoms. The van der Waals surface area contributed by atoms with E-state index in [1.54, 1.807) is 6.08 Å². The molecule has 0 spiro atoms. The number of alkyl carbamates (subject to hydrolysis) is 1. The summed E-state index contributed by atoms with van der Waals surface area (Å²) in [7, 11) is 0. The van der Waals surface area contributed by atoms with Crippen LogP contribution in [0.3, 0.4) is 0 Å². The Morgan fingerprint density at radius 1 is 1.28 bits per heavy atom. The number of aromatic nitrogens is 4. The van der Waals surface area contributed by atoms with Gasteiger partial charge in [0.05, 0.1) is 12.0 Å². The Balaban J connectivity index is 1.44. The van der Waals surface area contributed by atoms with Crippen LogP contribution >= 0.6 is 0 Å². The van der Waals surface area contributed by atoms with Gasteiger partial charge in [-0.1, -0.05) is 36.4 Å². The lowest BCUT2D eigenvalue weighted by molar-refractivity contribution is 0.140. The van der Waals surface area contributed by atoms with Gasteiger partial charge in [0.25, 0.3) is 5.56 Å². The summed E-state index contributed by atoms with van der Waals surface area (Å²) < 4.78 is 5.11. The minimum atomic E-state index is -0.468. The maximum atomic E-state index is 11.8. The highest BCUT2D eigenvalue weighted by Gasteiger charge is 2.07. The number of fused-ring (bicyclic) bond motifs is 1. The normalized spacial score (nSPS) is 11.0. The third-order valence-electron chi connectivity index (χ3n) is 3.46. The molecule has 25 heavy (non-hydrogen) atoms. The van der Waals surface area contributed by atoms with Crippen LogP contribution in [-0.2, 0) is 11.3 Å². The molecule has 1 aromatic carbocycles. The average Bonchev–Trinajstić information content (AvgIpc) is 3.05. The molecule has 3 N–H and O–H groups in total. The van der Waals surface area contributed by atoms with E-state index in [1.807, 2.05) is 36.4 Å². The van der Waals surface area contributed by atoms with Crippen LogP contribution in [0, 0.1) is 0 Å². The molecule has 2 aromatic heterocycles. The Hall–Kier alpha value is -3.42. The molecule has 0 aliphatic heterocycles. The zero-order valence-corrected chi connectivity index (χ0v) is 13.4. The summed E-state index contributed by atoms with van der Waals surface area (Å²) in [6, 6.07) is 9.47. The Kier molecular flexibility index (Phi) is 5.20. The molecule has 0 aliphatic carbocycles. The van der Waals surface area contributed by atoms with E-state index in [4.69, 9.17) is 4.74 Å². The molecular formula is C17H17N5O3. The summed E-state index contributed by atoms with van der Waals surface area (Å²) in [4.78, 5) is 29.8. The quantitative estimate of drug-likeness (QED) is 0.594. The molecule has 2 heterocycles. The van der Waals surface area contributed by atoms with E-state index < -0.39 is 6.09 Å². The van der Waals surface area contributed by atoms with Gasteiger partial charge in [0, 0.05) is 6.54 Å². The number of aromatic amines is 2. The lowest BCUT2D eigenvalue weighted by atomic mass is 10.2. The van der Waals surface area contributed by atoms with Crippen LogP contribution in [0.5, 0.6) is 0 Å². The van der Waals surface area contributed by atoms with Gasteiger partial charge in [0.1, 0.15) is 12.0 Å². The first-order chi connectivity index (χ1) is 12.2. The molecule has 0 atom stereocenters. The highest BCUT2D eigenvalue weighted by molar-refractivity contribution is 5.82. The van der Waals surface area contributed by atoms with Gasteiger partial charge >= 0.3 is 6.09 Å². The Bertz CT molecular complexity index is 930. The third-order valence-corrected chi connectivity index (χ3v) is 3.46. The summed E-state index contributed by atoms with van der Waals surface area (Å²) in [5.41, 5.74) is 1.63. The van der Waals surface area contributed by atoms with Gasteiger partial charge in [-0.05, 0) is 18.1 Å². The van der Waals surface area contributed by atoms with Gasteiger partial charge in [0.15, 0.2) is 5.65 Å². The third kappa shape index (κ3) is 4.31. The molecule has 0 fully saturated rings. The van der Waals surface area contributed by atoms with Crippen LogP contribution in [-0.4, -0.2) is 32.8 Å². The van der Waals surface area contributed by atoms with E-state index in [1.165, 1.54) is 6.33 Å². The van der Waals surface area contributed by atoms with Crippen LogP contribution in [0.4, 0.5) is 4.79 Å². The van der Waals surface area contributed by atoms with Crippen LogP contribution in [0.1, 0.15) is 17.7 Å². The van der Waals surface area contributed by atoms with E-state index in [0.29, 0.717) is 29.7 Å². The summed E-state index contributed by atoms with van der Waals surface area (Å²) in [6.45, 7) is 0.656. The predicted molar refractivity (Wildman–Crippen MR) is 92.8 cm³/mol. The van der Waals surface area contributed by atoms with Crippen LogP contribution in [0.25, 0.3) is 17.1 Å². The van der Waals surface area contributed by atoms with Gasteiger partial charge in [-0.3, -0.25) is 9.89 Å². The van der Waals surface area contributed by atoms with Crippen molar-refractivity contribution in [2.75, 3.05) is 6.54 Å². The molecule has 0 saturated carbocycles. The number of nitrogens with one attached hydrogen (secondary N) is 3. The zero-order valence-electron chi connectivity index (χ0n) is 13.4. The van der Waals surface area contributed by atoms with Gasteiger partial charge in [-0.15, -0.1) is 0 Å². The zero-order chi connectivity index (χ0) is 17.5. The summed E-state index contributed by atoms with van der Waals surface area (Å²) in [5, 5.41) is 9.80. The standard InChI is InChI=1S/C17H17N5O3/c23-16-14-13(21-22-15(14)19-11-20-16)8-4-5-9-18-17(24)25-10-12-6-2-1-3-7-12/h1-4,6-8,11H,5,9-10H2,(H,18,24)(H2,19,20,21,22,23). The molecule has 8 nitrogen and oxygen atoms in total. The first-order valence-electron chi connectivity index (χ1n) is 7.77. The van der Waals surface area contributed by atoms with E-state index >= 15 is 0 Å². The van der Waals surface area contributed by atoms with Crippen molar-refractivity contribution >= 4 is 23.2 Å². The summed E-state index contributed by atoms with van der Waals surface area (Å²) in [5.74, 6) is 0. The van der Waals surface area contributed by atoms with E-state index in [0.717, 1.165) is 5.56 Å². The van der Waals surface area contributed by atoms with Crippen molar-refractivity contribution < 1.29 is 9.53 Å². The first-order valence-corrected chi connectivity index (χ1v) is 7.77. The number of carbonyl (C=O) groups is 1. The number of nitrogens with zero attached hydrogens (tertiary/aromatic N) is 2. The molecule has 0 saturated heterocycles. The Morgan fingerprint density at radius 2 is 2.12 bits per heavy atom. The second-order valence-corrected chi connectivity index (χ2v) is 5.25. The van der Waals surface area contributed by atoms with Crippen molar-refractivity contribution in [1.29, 1.82) is 0 Å². The van der Waals surface area contributed by atoms with E-state index in [-0.39, 0.29) is 12.2 Å². The number of benzene rings is 1. The van der Waals surface area contributed by atoms with Crippen molar-refractivity contribution in [2.24, 2.45) is 0 Å². The minimum Gasteiger partial charge on any atom is -0.445 e. The summed E-state index contributed by atoms with van der Waals surface area (Å²) in [6.07, 6.45) is 4.99. The van der Waals surface area contributed by atoms with Crippen molar-refractivity contribution in [3.63, 3.8) is 0 Å². The summed E-state index contributed by atoms with van der Waals surface area (Å²) >= 11 is 0. The molecule has 0 unspecified atom stereocenters. The predicted octanol–water partition coefficient (Wildman–Crippen LogP) is 1.98. The van der Waals surface area contributed by atoms with Crippen LogP contribution in [0.2, 0.25) is 0 Å². The van der Waals surface area contributed by atoms with E-state index in [9.17, 15) is 9.59 Å². The molecule has 1 amide bonds. The number of amides is 1. The van der Waals surface area contributed by atoms with Gasteiger partial charge in [0.2, 0.25) is 0 Å². The van der Waals surface area contributed by atoms with Gasteiger partial charge in [-0.25, -0.2) is 9.78 Å².